The van der Waals surface area contributed by atoms with Crippen molar-refractivity contribution >= 4 is 0 Å². The Morgan fingerprint density at radius 3 is 1.85 bits per heavy atom. The van der Waals surface area contributed by atoms with Crippen molar-refractivity contribution in [2.75, 3.05) is 0 Å². The maximum absolute atomic E-state index is 2.38. The molecule has 0 aromatic carbocycles. The quantitative estimate of drug-likeness (QED) is 0.544. The second-order valence-corrected chi connectivity index (χ2v) is 5.15. The summed E-state index contributed by atoms with van der Waals surface area (Å²) < 4.78 is 0. The summed E-state index contributed by atoms with van der Waals surface area (Å²) in [5, 5.41) is 0. The second kappa shape index (κ2) is 5.67. The fourth-order valence-corrected chi connectivity index (χ4v) is 2.23. The number of rotatable bonds is 1. The molecule has 0 bridgehead atoms. The average molecular weight is 184 g/mol. The molecule has 0 aliphatic heterocycles. The van der Waals surface area contributed by atoms with Crippen LogP contribution in [0.4, 0.5) is 0 Å². The maximum Gasteiger partial charge on any atom is -0.0354 e. The molecule has 0 heterocycles. The van der Waals surface area contributed by atoms with Crippen LogP contribution in [0.15, 0.2) is 0 Å². The number of hydrogen-bond acceptors (Lipinski definition) is 0. The molecule has 1 fully saturated rings. The Morgan fingerprint density at radius 2 is 1.62 bits per heavy atom. The van der Waals surface area contributed by atoms with E-state index < -0.39 is 0 Å². The van der Waals surface area contributed by atoms with Gasteiger partial charge in [0.1, 0.15) is 0 Å². The smallest absolute Gasteiger partial charge is 0.0354 e. The van der Waals surface area contributed by atoms with Crippen molar-refractivity contribution < 1.29 is 0 Å². The Bertz CT molecular complexity index is 118. The third kappa shape index (κ3) is 4.15. The topological polar surface area (TPSA) is 0 Å². The highest BCUT2D eigenvalue weighted by molar-refractivity contribution is 4.82. The van der Waals surface area contributed by atoms with E-state index in [9.17, 15) is 0 Å². The van der Waals surface area contributed by atoms with E-state index in [1.54, 1.807) is 0 Å². The summed E-state index contributed by atoms with van der Waals surface area (Å²) in [7, 11) is 0. The Kier molecular flexibility index (Phi) is 5.67. The largest absolute Gasteiger partial charge is 0.0683 e. The summed E-state index contributed by atoms with van der Waals surface area (Å²) >= 11 is 0. The van der Waals surface area contributed by atoms with Crippen molar-refractivity contribution in [1.29, 1.82) is 0 Å². The van der Waals surface area contributed by atoms with Gasteiger partial charge in [0.15, 0.2) is 0 Å². The van der Waals surface area contributed by atoms with Gasteiger partial charge in [0, 0.05) is 0 Å². The minimum Gasteiger partial charge on any atom is -0.0683 e. The molecule has 0 heteroatoms. The maximum atomic E-state index is 2.38. The Hall–Kier alpha value is 0. The first-order chi connectivity index (χ1) is 6.04. The zero-order chi connectivity index (χ0) is 10.5. The zero-order valence-corrected chi connectivity index (χ0v) is 10.5. The Morgan fingerprint density at radius 1 is 1.08 bits per heavy atom. The standard InChI is InChI=1S/C11H22.C2H6/c1-5-9-6-7-10(8-9)11(2,3)4;1-2/h9-10H,5-8H2,1-4H3;1-2H3. The Labute approximate surface area is 85.1 Å². The van der Waals surface area contributed by atoms with Gasteiger partial charge in [0.2, 0.25) is 0 Å². The Balaban J connectivity index is 0.000000671. The van der Waals surface area contributed by atoms with Gasteiger partial charge in [-0.3, -0.25) is 0 Å². The molecular weight excluding hydrogens is 156 g/mol. The fourth-order valence-electron chi connectivity index (χ4n) is 2.23. The van der Waals surface area contributed by atoms with E-state index in [1.807, 2.05) is 13.8 Å². The summed E-state index contributed by atoms with van der Waals surface area (Å²) in [6.45, 7) is 13.5. The van der Waals surface area contributed by atoms with E-state index in [2.05, 4.69) is 27.7 Å². The molecule has 0 aromatic heterocycles. The van der Waals surface area contributed by atoms with Gasteiger partial charge in [-0.2, -0.15) is 0 Å². The predicted octanol–water partition coefficient (Wildman–Crippen LogP) is 4.89. The van der Waals surface area contributed by atoms with Crippen LogP contribution in [-0.4, -0.2) is 0 Å². The molecule has 2 atom stereocenters. The van der Waals surface area contributed by atoms with Crippen molar-refractivity contribution in [3.8, 4) is 0 Å². The van der Waals surface area contributed by atoms with Gasteiger partial charge in [-0.1, -0.05) is 54.4 Å². The third-order valence-corrected chi connectivity index (χ3v) is 3.34. The minimum atomic E-state index is 0.559. The normalized spacial score (nSPS) is 28.2. The molecule has 0 nitrogen and oxygen atoms in total. The van der Waals surface area contributed by atoms with E-state index in [4.69, 9.17) is 0 Å². The van der Waals surface area contributed by atoms with E-state index in [0.717, 1.165) is 11.8 Å². The highest BCUT2D eigenvalue weighted by atomic mass is 14.4. The third-order valence-electron chi connectivity index (χ3n) is 3.34. The molecule has 1 rings (SSSR count). The molecule has 1 saturated carbocycles. The van der Waals surface area contributed by atoms with Crippen LogP contribution in [0.2, 0.25) is 0 Å². The van der Waals surface area contributed by atoms with Crippen molar-refractivity contribution in [2.45, 2.75) is 67.2 Å². The predicted molar refractivity (Wildman–Crippen MR) is 61.9 cm³/mol. The first-order valence-corrected chi connectivity index (χ1v) is 6.04. The second-order valence-electron chi connectivity index (χ2n) is 5.15. The molecule has 1 aliphatic carbocycles. The van der Waals surface area contributed by atoms with Crippen molar-refractivity contribution in [1.82, 2.24) is 0 Å². The zero-order valence-electron chi connectivity index (χ0n) is 10.5. The van der Waals surface area contributed by atoms with Gasteiger partial charge >= 0.3 is 0 Å². The molecule has 0 radical (unpaired) electrons. The van der Waals surface area contributed by atoms with Crippen LogP contribution < -0.4 is 0 Å². The first kappa shape index (κ1) is 13.0. The number of hydrogen-bond donors (Lipinski definition) is 0. The molecule has 2 unspecified atom stereocenters. The molecule has 0 saturated heterocycles. The highest BCUT2D eigenvalue weighted by Crippen LogP contribution is 2.42. The van der Waals surface area contributed by atoms with Crippen LogP contribution in [0.1, 0.15) is 67.2 Å². The molecule has 0 aromatic rings. The lowest BCUT2D eigenvalue weighted by atomic mass is 9.79. The van der Waals surface area contributed by atoms with E-state index in [1.165, 1.54) is 25.7 Å². The fraction of sp³-hybridized carbons (Fsp3) is 1.00. The van der Waals surface area contributed by atoms with Crippen LogP contribution in [0.25, 0.3) is 0 Å². The summed E-state index contributed by atoms with van der Waals surface area (Å²) in [5.74, 6) is 2.03. The van der Waals surface area contributed by atoms with Crippen LogP contribution >= 0.6 is 0 Å². The summed E-state index contributed by atoms with van der Waals surface area (Å²) in [4.78, 5) is 0. The molecule has 1 aliphatic rings. The highest BCUT2D eigenvalue weighted by Gasteiger charge is 2.31. The lowest BCUT2D eigenvalue weighted by molar-refractivity contribution is 0.238. The van der Waals surface area contributed by atoms with E-state index in [-0.39, 0.29) is 0 Å². The van der Waals surface area contributed by atoms with Crippen molar-refractivity contribution in [3.05, 3.63) is 0 Å². The molecule has 13 heavy (non-hydrogen) atoms. The van der Waals surface area contributed by atoms with Gasteiger partial charge in [-0.15, -0.1) is 0 Å². The van der Waals surface area contributed by atoms with Crippen LogP contribution in [0.5, 0.6) is 0 Å². The molecule has 0 spiro atoms. The van der Waals surface area contributed by atoms with Crippen molar-refractivity contribution in [2.24, 2.45) is 17.3 Å². The van der Waals surface area contributed by atoms with Gasteiger partial charge in [-0.25, -0.2) is 0 Å². The summed E-state index contributed by atoms with van der Waals surface area (Å²) in [5.41, 5.74) is 0.559. The van der Waals surface area contributed by atoms with Gasteiger partial charge in [-0.05, 0) is 30.1 Å². The molecule has 0 amide bonds. The lowest BCUT2D eigenvalue weighted by Crippen LogP contribution is -2.17. The van der Waals surface area contributed by atoms with Gasteiger partial charge in [0.25, 0.3) is 0 Å². The summed E-state index contributed by atoms with van der Waals surface area (Å²) in [6.07, 6.45) is 5.84. The average Bonchev–Trinajstić information content (AvgIpc) is 2.54. The molecule has 80 valence electrons. The van der Waals surface area contributed by atoms with Crippen LogP contribution in [0.3, 0.4) is 0 Å². The van der Waals surface area contributed by atoms with E-state index >= 15 is 0 Å². The minimum absolute atomic E-state index is 0.559. The van der Waals surface area contributed by atoms with Crippen LogP contribution in [-0.2, 0) is 0 Å². The van der Waals surface area contributed by atoms with Crippen LogP contribution in [0, 0.1) is 17.3 Å². The van der Waals surface area contributed by atoms with Crippen molar-refractivity contribution in [3.63, 3.8) is 0 Å². The van der Waals surface area contributed by atoms with Gasteiger partial charge < -0.3 is 0 Å². The summed E-state index contributed by atoms with van der Waals surface area (Å²) in [6, 6.07) is 0. The molecule has 0 N–H and O–H groups in total. The first-order valence-electron chi connectivity index (χ1n) is 6.04. The SMILES string of the molecule is CC.CCC1CCC(C(C)(C)C)C1. The van der Waals surface area contributed by atoms with Gasteiger partial charge in [0.05, 0.1) is 0 Å². The van der Waals surface area contributed by atoms with E-state index in [0.29, 0.717) is 5.41 Å². The molecular formula is C13H28. The monoisotopic (exact) mass is 184 g/mol. The lowest BCUT2D eigenvalue weighted by Gasteiger charge is -2.26.